The zero-order valence-electron chi connectivity index (χ0n) is 60.6. The molecule has 0 aliphatic rings. The van der Waals surface area contributed by atoms with E-state index in [1.54, 1.807) is 0 Å². The van der Waals surface area contributed by atoms with Gasteiger partial charge >= 0.3 is 11.9 Å². The van der Waals surface area contributed by atoms with Gasteiger partial charge in [-0.15, -0.1) is 0 Å². The van der Waals surface area contributed by atoms with Crippen LogP contribution in [-0.2, 0) is 33.3 Å². The van der Waals surface area contributed by atoms with Gasteiger partial charge in [-0.05, 0) is 122 Å². The predicted octanol–water partition coefficient (Wildman–Crippen LogP) is 22.9. The van der Waals surface area contributed by atoms with Crippen molar-refractivity contribution < 1.29 is 42.9 Å². The van der Waals surface area contributed by atoms with Crippen molar-refractivity contribution in [1.29, 1.82) is 0 Å². The molecule has 9 nitrogen and oxygen atoms in total. The number of unbranched alkanes of at least 4 members (excludes halogenated alkanes) is 30. The summed E-state index contributed by atoms with van der Waals surface area (Å²) in [6, 6.07) is 0. The van der Waals surface area contributed by atoms with Crippen molar-refractivity contribution in [3.8, 4) is 0 Å². The quantitative estimate of drug-likeness (QED) is 0.0195. The van der Waals surface area contributed by atoms with E-state index in [0.29, 0.717) is 17.4 Å². The Labute approximate surface area is 572 Å². The Balaban J connectivity index is 4.15. The Hall–Kier alpha value is -4.83. The van der Waals surface area contributed by atoms with E-state index in [2.05, 4.69) is 160 Å². The summed E-state index contributed by atoms with van der Waals surface area (Å²) >= 11 is 0. The smallest absolute Gasteiger partial charge is 0.306 e. The number of hydrogen-bond acceptors (Lipinski definition) is 8. The summed E-state index contributed by atoms with van der Waals surface area (Å²) in [4.78, 5) is 37.6. The molecule has 0 aliphatic heterocycles. The fourth-order valence-corrected chi connectivity index (χ4v) is 10.3. The lowest BCUT2D eigenvalue weighted by molar-refractivity contribution is -0.870. The normalized spacial score (nSPS) is 13.5. The average Bonchev–Trinajstić information content (AvgIpc) is 3.73. The Morgan fingerprint density at radius 2 is 0.613 bits per heavy atom. The zero-order valence-corrected chi connectivity index (χ0v) is 60.6. The molecular weight excluding hydrogens is 1150 g/mol. The van der Waals surface area contributed by atoms with E-state index >= 15 is 0 Å². The molecule has 0 aromatic carbocycles. The van der Waals surface area contributed by atoms with Gasteiger partial charge in [0.15, 0.2) is 12.4 Å². The molecule has 93 heavy (non-hydrogen) atoms. The molecule has 2 unspecified atom stereocenters. The van der Waals surface area contributed by atoms with E-state index in [4.69, 9.17) is 18.9 Å². The van der Waals surface area contributed by atoms with Crippen molar-refractivity contribution in [3.05, 3.63) is 146 Å². The summed E-state index contributed by atoms with van der Waals surface area (Å²) in [6.07, 6.45) is 104. The number of carboxylic acids is 1. The minimum Gasteiger partial charge on any atom is -0.545 e. The standard InChI is InChI=1S/C84H141NO8/c1-6-8-10-12-14-16-18-20-22-24-26-28-30-32-34-36-38-39-40-41-42-43-45-47-49-51-53-55-57-59-61-63-65-67-69-71-73-75-82(87)93-80(79-92-84(83(88)89)90-77-76-85(3,4)5)78-91-81(86)74-72-70-68-66-64-62-60-58-56-54-52-50-48-46-44-37-35-33-31-29-27-25-23-21-19-17-15-13-11-9-7-2/h8,10,14,16,19-22,25-28,32,34,38-39,41-42,45,47,51,53,57,59,80,84H,6-7,9,11-13,15,17-18,23-24,29-31,33,35-37,40,43-44,46,48-50,52,54-56,58,60-79H2,1-5H3/b10-8-,16-14-,21-19-,22-20-,27-25-,28-26-,34-32-,39-38-,42-41-,47-45-,53-51-,59-57-. The number of carbonyl (C=O) groups excluding carboxylic acids is 3. The second kappa shape index (κ2) is 73.0. The fourth-order valence-electron chi connectivity index (χ4n) is 10.3. The largest absolute Gasteiger partial charge is 0.545 e. The third-order valence-electron chi connectivity index (χ3n) is 16.1. The first-order valence-electron chi connectivity index (χ1n) is 38.0. The van der Waals surface area contributed by atoms with Gasteiger partial charge in [-0.2, -0.15) is 0 Å². The number of carbonyl (C=O) groups is 3. The lowest BCUT2D eigenvalue weighted by atomic mass is 10.0. The van der Waals surface area contributed by atoms with E-state index in [1.807, 2.05) is 21.1 Å². The number of quaternary nitrogens is 1. The van der Waals surface area contributed by atoms with E-state index in [1.165, 1.54) is 148 Å². The van der Waals surface area contributed by atoms with Gasteiger partial charge in [-0.3, -0.25) is 9.59 Å². The van der Waals surface area contributed by atoms with Crippen LogP contribution >= 0.6 is 0 Å². The maximum atomic E-state index is 13.0. The highest BCUT2D eigenvalue weighted by atomic mass is 16.7. The van der Waals surface area contributed by atoms with E-state index in [-0.39, 0.29) is 38.6 Å². The molecule has 9 heteroatoms. The van der Waals surface area contributed by atoms with Crippen molar-refractivity contribution in [3.63, 3.8) is 0 Å². The first kappa shape index (κ1) is 88.2. The number of esters is 2. The molecule has 0 fully saturated rings. The number of ether oxygens (including phenoxy) is 4. The Morgan fingerprint density at radius 1 is 0.333 bits per heavy atom. The highest BCUT2D eigenvalue weighted by molar-refractivity contribution is 5.70. The van der Waals surface area contributed by atoms with Crippen LogP contribution in [-0.4, -0.2) is 82.3 Å². The number of likely N-dealkylation sites (N-methyl/N-ethyl adjacent to an activating group) is 1. The minimum atomic E-state index is -1.63. The molecule has 0 bridgehead atoms. The summed E-state index contributed by atoms with van der Waals surface area (Å²) in [5, 5.41) is 11.8. The average molecular weight is 1290 g/mol. The second-order valence-corrected chi connectivity index (χ2v) is 26.2. The molecule has 0 radical (unpaired) electrons. The van der Waals surface area contributed by atoms with Gasteiger partial charge in [-0.1, -0.05) is 320 Å². The summed E-state index contributed by atoms with van der Waals surface area (Å²) in [5.74, 6) is -2.30. The molecule has 530 valence electrons. The van der Waals surface area contributed by atoms with Crippen molar-refractivity contribution in [2.75, 3.05) is 47.5 Å². The number of nitrogens with zero attached hydrogens (tertiary/aromatic N) is 1. The van der Waals surface area contributed by atoms with E-state index in [9.17, 15) is 19.5 Å². The fraction of sp³-hybridized carbons (Fsp3) is 0.679. The SMILES string of the molecule is CC/C=C\C/C=C\C/C=C\C/C=C\C/C=C\C/C=C\C/C=C\C/C=C\C/C=C\C/C=C\CCCCCCCCC(=O)OC(COC(=O)CCCCCCCCCCCCCCCCCCCCC/C=C\C/C=C\CCCCCCC)COC(OCC[N+](C)(C)C)C(=O)[O-]. The van der Waals surface area contributed by atoms with Crippen LogP contribution in [0.1, 0.15) is 309 Å². The van der Waals surface area contributed by atoms with Gasteiger partial charge < -0.3 is 33.3 Å². The molecule has 0 aromatic rings. The molecule has 0 saturated heterocycles. The summed E-state index contributed by atoms with van der Waals surface area (Å²) in [5.41, 5.74) is 0. The van der Waals surface area contributed by atoms with Crippen LogP contribution in [0.3, 0.4) is 0 Å². The van der Waals surface area contributed by atoms with E-state index in [0.717, 1.165) is 128 Å². The lowest BCUT2D eigenvalue weighted by Gasteiger charge is -2.26. The number of rotatable bonds is 69. The molecule has 0 aromatic heterocycles. The topological polar surface area (TPSA) is 111 Å². The van der Waals surface area contributed by atoms with Gasteiger partial charge in [0.25, 0.3) is 0 Å². The number of hydrogen-bond donors (Lipinski definition) is 0. The van der Waals surface area contributed by atoms with Crippen molar-refractivity contribution in [2.45, 2.75) is 322 Å². The lowest BCUT2D eigenvalue weighted by Crippen LogP contribution is -2.44. The molecule has 0 amide bonds. The number of carboxylic acid groups (broad SMARTS) is 1. The summed E-state index contributed by atoms with van der Waals surface area (Å²) in [6.45, 7) is 4.62. The first-order valence-corrected chi connectivity index (χ1v) is 38.0. The Morgan fingerprint density at radius 3 is 0.914 bits per heavy atom. The van der Waals surface area contributed by atoms with Gasteiger partial charge in [-0.25, -0.2) is 0 Å². The highest BCUT2D eigenvalue weighted by Crippen LogP contribution is 2.17. The molecule has 0 spiro atoms. The molecule has 0 rings (SSSR count). The van der Waals surface area contributed by atoms with Crippen LogP contribution in [0.25, 0.3) is 0 Å². The molecule has 0 aliphatic carbocycles. The zero-order chi connectivity index (χ0) is 67.5. The molecule has 2 atom stereocenters. The first-order chi connectivity index (χ1) is 45.6. The monoisotopic (exact) mass is 1290 g/mol. The van der Waals surface area contributed by atoms with Gasteiger partial charge in [0.2, 0.25) is 0 Å². The minimum absolute atomic E-state index is 0.138. The highest BCUT2D eigenvalue weighted by Gasteiger charge is 2.22. The molecule has 0 saturated carbocycles. The van der Waals surface area contributed by atoms with Crippen LogP contribution in [0, 0.1) is 0 Å². The Kier molecular flexibility index (Phi) is 69.2. The number of allylic oxidation sites excluding steroid dienone is 24. The van der Waals surface area contributed by atoms with Crippen molar-refractivity contribution >= 4 is 17.9 Å². The summed E-state index contributed by atoms with van der Waals surface area (Å²) < 4.78 is 22.8. The van der Waals surface area contributed by atoms with Crippen molar-refractivity contribution in [1.82, 2.24) is 0 Å². The van der Waals surface area contributed by atoms with Crippen LogP contribution in [0.5, 0.6) is 0 Å². The predicted molar refractivity (Wildman–Crippen MR) is 398 cm³/mol. The Bertz CT molecular complexity index is 2040. The molecular formula is C84H141NO8. The van der Waals surface area contributed by atoms with Crippen molar-refractivity contribution in [2.24, 2.45) is 0 Å². The van der Waals surface area contributed by atoms with Crippen LogP contribution in [0.2, 0.25) is 0 Å². The van der Waals surface area contributed by atoms with Gasteiger partial charge in [0.1, 0.15) is 13.2 Å². The molecule has 0 heterocycles. The van der Waals surface area contributed by atoms with E-state index < -0.39 is 24.3 Å². The maximum absolute atomic E-state index is 13.0. The third-order valence-corrected chi connectivity index (χ3v) is 16.1. The van der Waals surface area contributed by atoms with Gasteiger partial charge in [0.05, 0.1) is 40.3 Å². The third kappa shape index (κ3) is 74.4. The van der Waals surface area contributed by atoms with Gasteiger partial charge in [0, 0.05) is 12.8 Å². The second-order valence-electron chi connectivity index (χ2n) is 26.2. The van der Waals surface area contributed by atoms with Crippen LogP contribution < -0.4 is 5.11 Å². The summed E-state index contributed by atoms with van der Waals surface area (Å²) in [7, 11) is 5.92. The maximum Gasteiger partial charge on any atom is 0.306 e. The van der Waals surface area contributed by atoms with Crippen LogP contribution in [0.4, 0.5) is 0 Å². The number of aliphatic carboxylic acids is 1. The molecule has 0 N–H and O–H groups in total. The van der Waals surface area contributed by atoms with Crippen LogP contribution in [0.15, 0.2) is 146 Å².